The summed E-state index contributed by atoms with van der Waals surface area (Å²) in [4.78, 5) is 12.5. The fourth-order valence-electron chi connectivity index (χ4n) is 3.22. The van der Waals surface area contributed by atoms with E-state index in [0.29, 0.717) is 13.2 Å². The molecule has 4 heteroatoms. The predicted octanol–water partition coefficient (Wildman–Crippen LogP) is 4.49. The minimum atomic E-state index is 0.0131. The molecule has 0 bridgehead atoms. The number of para-hydroxylation sites is 1. The molecular weight excluding hydrogens is 326 g/mol. The molecule has 1 aromatic heterocycles. The van der Waals surface area contributed by atoms with Crippen LogP contribution in [0.4, 0.5) is 0 Å². The first-order valence-electron chi connectivity index (χ1n) is 8.97. The number of hydrogen-bond donors (Lipinski definition) is 0. The highest BCUT2D eigenvalue weighted by atomic mass is 16.5. The Morgan fingerprint density at radius 3 is 2.58 bits per heavy atom. The summed E-state index contributed by atoms with van der Waals surface area (Å²) >= 11 is 0. The molecule has 0 aliphatic heterocycles. The Morgan fingerprint density at radius 2 is 1.81 bits per heavy atom. The number of methoxy groups -OCH3 is 1. The SMILES string of the molecule is COc1cccc2c(C)cc(=O)n(CCCCOc3cccc(C)c3)c12. The van der Waals surface area contributed by atoms with Gasteiger partial charge in [-0.1, -0.05) is 24.3 Å². The third kappa shape index (κ3) is 3.90. The number of aromatic nitrogens is 1. The summed E-state index contributed by atoms with van der Waals surface area (Å²) < 4.78 is 13.1. The van der Waals surface area contributed by atoms with Crippen molar-refractivity contribution >= 4 is 10.9 Å². The molecule has 0 spiro atoms. The van der Waals surface area contributed by atoms with E-state index in [1.807, 2.05) is 47.9 Å². The summed E-state index contributed by atoms with van der Waals surface area (Å²) in [5.74, 6) is 1.63. The van der Waals surface area contributed by atoms with Gasteiger partial charge in [-0.3, -0.25) is 4.79 Å². The zero-order chi connectivity index (χ0) is 18.5. The predicted molar refractivity (Wildman–Crippen MR) is 105 cm³/mol. The van der Waals surface area contributed by atoms with Crippen LogP contribution in [0, 0.1) is 13.8 Å². The van der Waals surface area contributed by atoms with Gasteiger partial charge < -0.3 is 14.0 Å². The van der Waals surface area contributed by atoms with Crippen LogP contribution in [0.3, 0.4) is 0 Å². The molecule has 4 nitrogen and oxygen atoms in total. The number of pyridine rings is 1. The lowest BCUT2D eigenvalue weighted by molar-refractivity contribution is 0.303. The van der Waals surface area contributed by atoms with Gasteiger partial charge in [0.1, 0.15) is 11.5 Å². The van der Waals surface area contributed by atoms with Gasteiger partial charge in [0.05, 0.1) is 19.2 Å². The molecule has 26 heavy (non-hydrogen) atoms. The van der Waals surface area contributed by atoms with Crippen molar-refractivity contribution in [3.63, 3.8) is 0 Å². The molecule has 0 aliphatic carbocycles. The lowest BCUT2D eigenvalue weighted by Crippen LogP contribution is -2.21. The summed E-state index contributed by atoms with van der Waals surface area (Å²) in [6, 6.07) is 15.6. The third-order valence-electron chi connectivity index (χ3n) is 4.55. The normalized spacial score (nSPS) is 10.9. The van der Waals surface area contributed by atoms with Gasteiger partial charge in [0.2, 0.25) is 0 Å². The Hall–Kier alpha value is -2.75. The number of fused-ring (bicyclic) bond motifs is 1. The molecule has 0 atom stereocenters. The first-order valence-corrected chi connectivity index (χ1v) is 8.97. The van der Waals surface area contributed by atoms with Crippen molar-refractivity contribution in [2.75, 3.05) is 13.7 Å². The number of unbranched alkanes of at least 4 members (excludes halogenated alkanes) is 1. The Kier molecular flexibility index (Phi) is 5.61. The number of hydrogen-bond acceptors (Lipinski definition) is 3. The van der Waals surface area contributed by atoms with Gasteiger partial charge in [0.15, 0.2) is 0 Å². The number of nitrogens with zero attached hydrogens (tertiary/aromatic N) is 1. The molecule has 0 radical (unpaired) electrons. The monoisotopic (exact) mass is 351 g/mol. The quantitative estimate of drug-likeness (QED) is 0.589. The molecule has 2 aromatic carbocycles. The van der Waals surface area contributed by atoms with Crippen molar-refractivity contribution in [1.82, 2.24) is 4.57 Å². The van der Waals surface area contributed by atoms with Crippen LogP contribution in [0.15, 0.2) is 53.3 Å². The molecule has 3 aromatic rings. The van der Waals surface area contributed by atoms with Gasteiger partial charge in [-0.15, -0.1) is 0 Å². The summed E-state index contributed by atoms with van der Waals surface area (Å²) in [6.07, 6.45) is 1.74. The minimum Gasteiger partial charge on any atom is -0.495 e. The number of ether oxygens (including phenoxy) is 2. The maximum atomic E-state index is 12.5. The Bertz CT molecular complexity index is 959. The second-order valence-corrected chi connectivity index (χ2v) is 6.55. The number of rotatable bonds is 7. The molecule has 0 aliphatic rings. The average Bonchev–Trinajstić information content (AvgIpc) is 2.63. The first kappa shape index (κ1) is 18.1. The van der Waals surface area contributed by atoms with Crippen LogP contribution >= 0.6 is 0 Å². The van der Waals surface area contributed by atoms with E-state index in [4.69, 9.17) is 9.47 Å². The fraction of sp³-hybridized carbons (Fsp3) is 0.318. The fourth-order valence-corrected chi connectivity index (χ4v) is 3.22. The van der Waals surface area contributed by atoms with Crippen LogP contribution < -0.4 is 15.0 Å². The van der Waals surface area contributed by atoms with Gasteiger partial charge in [-0.2, -0.15) is 0 Å². The van der Waals surface area contributed by atoms with E-state index in [9.17, 15) is 4.79 Å². The smallest absolute Gasteiger partial charge is 0.251 e. The van der Waals surface area contributed by atoms with E-state index >= 15 is 0 Å². The lowest BCUT2D eigenvalue weighted by atomic mass is 10.1. The van der Waals surface area contributed by atoms with E-state index in [0.717, 1.165) is 40.8 Å². The summed E-state index contributed by atoms with van der Waals surface area (Å²) in [7, 11) is 1.64. The van der Waals surface area contributed by atoms with Crippen LogP contribution in [-0.2, 0) is 6.54 Å². The molecule has 3 rings (SSSR count). The zero-order valence-electron chi connectivity index (χ0n) is 15.6. The zero-order valence-corrected chi connectivity index (χ0v) is 15.6. The van der Waals surface area contributed by atoms with Crippen LogP contribution in [0.5, 0.6) is 11.5 Å². The van der Waals surface area contributed by atoms with E-state index in [-0.39, 0.29) is 5.56 Å². The van der Waals surface area contributed by atoms with E-state index in [1.165, 1.54) is 5.56 Å². The highest BCUT2D eigenvalue weighted by Crippen LogP contribution is 2.26. The molecule has 1 heterocycles. The maximum absolute atomic E-state index is 12.5. The highest BCUT2D eigenvalue weighted by molar-refractivity contribution is 5.87. The molecule has 136 valence electrons. The van der Waals surface area contributed by atoms with Crippen LogP contribution in [0.25, 0.3) is 10.9 Å². The Morgan fingerprint density at radius 1 is 1.00 bits per heavy atom. The van der Waals surface area contributed by atoms with Crippen molar-refractivity contribution < 1.29 is 9.47 Å². The van der Waals surface area contributed by atoms with Gasteiger partial charge in [0.25, 0.3) is 5.56 Å². The number of aryl methyl sites for hydroxylation is 3. The molecule has 0 unspecified atom stereocenters. The van der Waals surface area contributed by atoms with Crippen molar-refractivity contribution in [2.45, 2.75) is 33.2 Å². The molecular formula is C22H25NO3. The molecule has 0 N–H and O–H groups in total. The van der Waals surface area contributed by atoms with Crippen LogP contribution in [0.1, 0.15) is 24.0 Å². The Labute approximate surface area is 154 Å². The van der Waals surface area contributed by atoms with E-state index < -0.39 is 0 Å². The van der Waals surface area contributed by atoms with Crippen molar-refractivity contribution in [2.24, 2.45) is 0 Å². The highest BCUT2D eigenvalue weighted by Gasteiger charge is 2.11. The second-order valence-electron chi connectivity index (χ2n) is 6.55. The maximum Gasteiger partial charge on any atom is 0.251 e. The standard InChI is InChI=1S/C22H25NO3/c1-16-8-6-9-18(14-16)26-13-5-4-12-23-21(24)15-17(2)19-10-7-11-20(25-3)22(19)23/h6-11,14-15H,4-5,12-13H2,1-3H3. The van der Waals surface area contributed by atoms with Crippen LogP contribution in [0.2, 0.25) is 0 Å². The van der Waals surface area contributed by atoms with Crippen molar-refractivity contribution in [3.8, 4) is 11.5 Å². The average molecular weight is 351 g/mol. The lowest BCUT2D eigenvalue weighted by Gasteiger charge is -2.15. The summed E-state index contributed by atoms with van der Waals surface area (Å²) in [6.45, 7) is 5.30. The summed E-state index contributed by atoms with van der Waals surface area (Å²) in [5, 5.41) is 1.06. The van der Waals surface area contributed by atoms with Crippen molar-refractivity contribution in [3.05, 3.63) is 70.0 Å². The van der Waals surface area contributed by atoms with Crippen LogP contribution in [-0.4, -0.2) is 18.3 Å². The molecule has 0 saturated carbocycles. The first-order chi connectivity index (χ1) is 12.6. The largest absolute Gasteiger partial charge is 0.495 e. The minimum absolute atomic E-state index is 0.0131. The van der Waals surface area contributed by atoms with Gasteiger partial charge in [-0.25, -0.2) is 0 Å². The third-order valence-corrected chi connectivity index (χ3v) is 4.55. The van der Waals surface area contributed by atoms with Gasteiger partial charge >= 0.3 is 0 Å². The van der Waals surface area contributed by atoms with Crippen molar-refractivity contribution in [1.29, 1.82) is 0 Å². The second kappa shape index (κ2) is 8.09. The Balaban J connectivity index is 1.70. The van der Waals surface area contributed by atoms with Gasteiger partial charge in [0, 0.05) is 18.0 Å². The van der Waals surface area contributed by atoms with E-state index in [2.05, 4.69) is 13.0 Å². The number of benzene rings is 2. The molecule has 0 fully saturated rings. The molecule has 0 amide bonds. The van der Waals surface area contributed by atoms with Gasteiger partial charge in [-0.05, 0) is 56.0 Å². The van der Waals surface area contributed by atoms with E-state index in [1.54, 1.807) is 13.2 Å². The molecule has 0 saturated heterocycles. The summed E-state index contributed by atoms with van der Waals surface area (Å²) in [5.41, 5.74) is 3.05. The topological polar surface area (TPSA) is 40.5 Å².